The fraction of sp³-hybridized carbons (Fsp3) is 0.238. The molecule has 1 atom stereocenters. The standard InChI is InChI=1S/C21H22N2O2S/c1-4-14(3)22-20(24)16-8-9-18-17(12-16)23-21(25)19(26-18)11-15-7-5-6-13(2)10-15/h5-12,14H,4H2,1-3H3,(H,22,24)(H,23,25)/b19-11+/t14-/m1/s1. The first kappa shape index (κ1) is 18.3. The second kappa shape index (κ2) is 7.79. The first-order chi connectivity index (χ1) is 12.5. The van der Waals surface area contributed by atoms with Crippen LogP contribution in [-0.2, 0) is 4.79 Å². The van der Waals surface area contributed by atoms with Crippen molar-refractivity contribution in [2.24, 2.45) is 0 Å². The van der Waals surface area contributed by atoms with Crippen molar-refractivity contribution >= 4 is 35.3 Å². The molecule has 1 aliphatic rings. The van der Waals surface area contributed by atoms with Crippen molar-refractivity contribution in [1.29, 1.82) is 0 Å². The lowest BCUT2D eigenvalue weighted by Crippen LogP contribution is -2.32. The van der Waals surface area contributed by atoms with E-state index in [1.54, 1.807) is 12.1 Å². The highest BCUT2D eigenvalue weighted by atomic mass is 32.2. The number of benzene rings is 2. The van der Waals surface area contributed by atoms with E-state index in [2.05, 4.69) is 10.6 Å². The van der Waals surface area contributed by atoms with Gasteiger partial charge in [0.2, 0.25) is 0 Å². The van der Waals surface area contributed by atoms with E-state index in [1.165, 1.54) is 11.8 Å². The fourth-order valence-electron chi connectivity index (χ4n) is 2.62. The molecule has 3 rings (SSSR count). The van der Waals surface area contributed by atoms with Crippen LogP contribution < -0.4 is 10.6 Å². The van der Waals surface area contributed by atoms with Gasteiger partial charge in [-0.2, -0.15) is 0 Å². The predicted molar refractivity (Wildman–Crippen MR) is 107 cm³/mol. The van der Waals surface area contributed by atoms with E-state index >= 15 is 0 Å². The van der Waals surface area contributed by atoms with Gasteiger partial charge in [0.05, 0.1) is 10.6 Å². The molecule has 134 valence electrons. The van der Waals surface area contributed by atoms with Crippen LogP contribution in [-0.4, -0.2) is 17.9 Å². The number of anilines is 1. The maximum atomic E-state index is 12.5. The summed E-state index contributed by atoms with van der Waals surface area (Å²) in [5, 5.41) is 5.84. The minimum atomic E-state index is -0.150. The van der Waals surface area contributed by atoms with E-state index < -0.39 is 0 Å². The highest BCUT2D eigenvalue weighted by Gasteiger charge is 2.22. The van der Waals surface area contributed by atoms with Crippen molar-refractivity contribution in [2.45, 2.75) is 38.1 Å². The number of aryl methyl sites for hydroxylation is 1. The van der Waals surface area contributed by atoms with Crippen LogP contribution in [0.15, 0.2) is 52.3 Å². The normalized spacial score (nSPS) is 16.0. The molecule has 0 aromatic heterocycles. The summed E-state index contributed by atoms with van der Waals surface area (Å²) in [6, 6.07) is 13.6. The van der Waals surface area contributed by atoms with Crippen LogP contribution >= 0.6 is 11.8 Å². The van der Waals surface area contributed by atoms with E-state index in [9.17, 15) is 9.59 Å². The number of amides is 2. The maximum absolute atomic E-state index is 12.5. The Kier molecular flexibility index (Phi) is 5.47. The zero-order valence-electron chi connectivity index (χ0n) is 15.1. The Labute approximate surface area is 158 Å². The monoisotopic (exact) mass is 366 g/mol. The lowest BCUT2D eigenvalue weighted by Gasteiger charge is -2.20. The molecule has 1 heterocycles. The maximum Gasteiger partial charge on any atom is 0.262 e. The minimum absolute atomic E-state index is 0.117. The number of thioether (sulfide) groups is 1. The lowest BCUT2D eigenvalue weighted by molar-refractivity contribution is -0.112. The van der Waals surface area contributed by atoms with Crippen LogP contribution in [0.4, 0.5) is 5.69 Å². The van der Waals surface area contributed by atoms with Gasteiger partial charge in [-0.1, -0.05) is 48.5 Å². The summed E-state index contributed by atoms with van der Waals surface area (Å²) in [4.78, 5) is 26.3. The zero-order chi connectivity index (χ0) is 18.7. The van der Waals surface area contributed by atoms with Gasteiger partial charge in [0, 0.05) is 16.5 Å². The largest absolute Gasteiger partial charge is 0.350 e. The summed E-state index contributed by atoms with van der Waals surface area (Å²) in [7, 11) is 0. The average molecular weight is 366 g/mol. The molecule has 26 heavy (non-hydrogen) atoms. The summed E-state index contributed by atoms with van der Waals surface area (Å²) in [6.07, 6.45) is 2.76. The molecule has 0 radical (unpaired) electrons. The Bertz CT molecular complexity index is 889. The number of fused-ring (bicyclic) bond motifs is 1. The summed E-state index contributed by atoms with van der Waals surface area (Å²) >= 11 is 1.42. The molecular weight excluding hydrogens is 344 g/mol. The molecule has 1 aliphatic heterocycles. The topological polar surface area (TPSA) is 58.2 Å². The van der Waals surface area contributed by atoms with Gasteiger partial charge in [-0.25, -0.2) is 0 Å². The molecule has 2 N–H and O–H groups in total. The third-order valence-corrected chi connectivity index (χ3v) is 5.36. The Balaban J connectivity index is 1.83. The van der Waals surface area contributed by atoms with Gasteiger partial charge in [0.25, 0.3) is 11.8 Å². The Hall–Kier alpha value is -2.53. The fourth-order valence-corrected chi connectivity index (χ4v) is 3.55. The number of hydrogen-bond acceptors (Lipinski definition) is 3. The summed E-state index contributed by atoms with van der Waals surface area (Å²) < 4.78 is 0. The smallest absolute Gasteiger partial charge is 0.262 e. The van der Waals surface area contributed by atoms with E-state index in [1.807, 2.05) is 57.2 Å². The summed E-state index contributed by atoms with van der Waals surface area (Å²) in [5.74, 6) is -0.272. The molecule has 0 bridgehead atoms. The van der Waals surface area contributed by atoms with Crippen molar-refractivity contribution in [2.75, 3.05) is 5.32 Å². The van der Waals surface area contributed by atoms with E-state index in [0.717, 1.165) is 22.4 Å². The van der Waals surface area contributed by atoms with Gasteiger partial charge in [-0.15, -0.1) is 0 Å². The molecule has 0 saturated carbocycles. The Morgan fingerprint density at radius 2 is 2.08 bits per heavy atom. The van der Waals surface area contributed by atoms with Gasteiger partial charge in [-0.3, -0.25) is 9.59 Å². The molecule has 5 heteroatoms. The molecule has 0 saturated heterocycles. The molecule has 2 amide bonds. The Morgan fingerprint density at radius 3 is 2.81 bits per heavy atom. The van der Waals surface area contributed by atoms with Crippen molar-refractivity contribution < 1.29 is 9.59 Å². The average Bonchev–Trinajstić information content (AvgIpc) is 2.61. The van der Waals surface area contributed by atoms with Crippen LogP contribution in [0.5, 0.6) is 0 Å². The van der Waals surface area contributed by atoms with Crippen LogP contribution in [0.25, 0.3) is 6.08 Å². The molecule has 0 aliphatic carbocycles. The number of carbonyl (C=O) groups excluding carboxylic acids is 2. The molecular formula is C21H22N2O2S. The molecule has 0 spiro atoms. The second-order valence-electron chi connectivity index (χ2n) is 6.47. The van der Waals surface area contributed by atoms with Gasteiger partial charge < -0.3 is 10.6 Å². The molecule has 0 fully saturated rings. The first-order valence-corrected chi connectivity index (χ1v) is 9.50. The quantitative estimate of drug-likeness (QED) is 0.777. The van der Waals surface area contributed by atoms with Crippen LogP contribution in [0.1, 0.15) is 41.8 Å². The first-order valence-electron chi connectivity index (χ1n) is 8.68. The van der Waals surface area contributed by atoms with Crippen molar-refractivity contribution in [3.8, 4) is 0 Å². The van der Waals surface area contributed by atoms with Gasteiger partial charge in [-0.05, 0) is 50.1 Å². The third kappa shape index (κ3) is 4.17. The number of carbonyl (C=O) groups is 2. The summed E-state index contributed by atoms with van der Waals surface area (Å²) in [6.45, 7) is 6.02. The number of nitrogens with one attached hydrogen (secondary N) is 2. The van der Waals surface area contributed by atoms with Crippen LogP contribution in [0.3, 0.4) is 0 Å². The minimum Gasteiger partial charge on any atom is -0.350 e. The highest BCUT2D eigenvalue weighted by molar-refractivity contribution is 8.04. The zero-order valence-corrected chi connectivity index (χ0v) is 15.9. The van der Waals surface area contributed by atoms with E-state index in [0.29, 0.717) is 16.2 Å². The molecule has 2 aromatic rings. The van der Waals surface area contributed by atoms with Gasteiger partial charge in [0.1, 0.15) is 0 Å². The Morgan fingerprint density at radius 1 is 1.27 bits per heavy atom. The third-order valence-electron chi connectivity index (χ3n) is 4.26. The van der Waals surface area contributed by atoms with Crippen LogP contribution in [0.2, 0.25) is 0 Å². The van der Waals surface area contributed by atoms with Gasteiger partial charge in [0.15, 0.2) is 0 Å². The second-order valence-corrected chi connectivity index (χ2v) is 7.56. The van der Waals surface area contributed by atoms with Crippen LogP contribution in [0, 0.1) is 6.92 Å². The molecule has 4 nitrogen and oxygen atoms in total. The SMILES string of the molecule is CC[C@@H](C)NC(=O)c1ccc2c(c1)NC(=O)/C(=C\c1cccc(C)c1)S2. The predicted octanol–water partition coefficient (Wildman–Crippen LogP) is 4.61. The van der Waals surface area contributed by atoms with Crippen molar-refractivity contribution in [3.63, 3.8) is 0 Å². The molecule has 2 aromatic carbocycles. The van der Waals surface area contributed by atoms with Gasteiger partial charge >= 0.3 is 0 Å². The molecule has 0 unspecified atom stereocenters. The van der Waals surface area contributed by atoms with E-state index in [4.69, 9.17) is 0 Å². The number of rotatable bonds is 4. The van der Waals surface area contributed by atoms with Crippen molar-refractivity contribution in [3.05, 3.63) is 64.1 Å². The lowest BCUT2D eigenvalue weighted by atomic mass is 10.1. The van der Waals surface area contributed by atoms with Crippen molar-refractivity contribution in [1.82, 2.24) is 5.32 Å². The van der Waals surface area contributed by atoms with E-state index in [-0.39, 0.29) is 17.9 Å². The summed E-state index contributed by atoms with van der Waals surface area (Å²) in [5.41, 5.74) is 3.38. The highest BCUT2D eigenvalue weighted by Crippen LogP contribution is 2.39. The number of hydrogen-bond donors (Lipinski definition) is 2.